The minimum absolute atomic E-state index is 0.00800. The van der Waals surface area contributed by atoms with Gasteiger partial charge in [-0.3, -0.25) is 4.79 Å². The van der Waals surface area contributed by atoms with Crippen LogP contribution < -0.4 is 10.6 Å². The molecule has 220 valence electrons. The van der Waals surface area contributed by atoms with Gasteiger partial charge in [0.05, 0.1) is 17.7 Å². The summed E-state index contributed by atoms with van der Waals surface area (Å²) in [7, 11) is 0. The zero-order chi connectivity index (χ0) is 30.7. The molecule has 0 radical (unpaired) electrons. The van der Waals surface area contributed by atoms with Crippen molar-refractivity contribution in [1.29, 1.82) is 0 Å². The zero-order valence-electron chi connectivity index (χ0n) is 20.6. The second-order valence-electron chi connectivity index (χ2n) is 9.01. The molecule has 15 heteroatoms. The van der Waals surface area contributed by atoms with E-state index in [4.69, 9.17) is 11.6 Å². The Morgan fingerprint density at radius 2 is 1.60 bits per heavy atom. The number of amides is 1. The van der Waals surface area contributed by atoms with Gasteiger partial charge >= 0.3 is 18.5 Å². The van der Waals surface area contributed by atoms with Crippen molar-refractivity contribution in [2.45, 2.75) is 43.8 Å². The summed E-state index contributed by atoms with van der Waals surface area (Å²) in [6.07, 6.45) is -14.9. The lowest BCUT2D eigenvalue weighted by atomic mass is 9.94. The van der Waals surface area contributed by atoms with E-state index in [2.05, 4.69) is 0 Å². The highest BCUT2D eigenvalue weighted by Gasteiger charge is 2.41. The second-order valence-corrected chi connectivity index (χ2v) is 9.42. The smallest absolute Gasteiger partial charge is 0.339 e. The maximum Gasteiger partial charge on any atom is 0.417 e. The van der Waals surface area contributed by atoms with Crippen molar-refractivity contribution in [2.24, 2.45) is 0 Å². The highest BCUT2D eigenvalue weighted by Crippen LogP contribution is 2.40. The minimum Gasteiger partial charge on any atom is -0.339 e. The van der Waals surface area contributed by atoms with Crippen LogP contribution in [0.15, 0.2) is 42.5 Å². The number of halogens is 11. The number of hydrogen-bond donors (Lipinski definition) is 2. The molecule has 4 nitrogen and oxygen atoms in total. The van der Waals surface area contributed by atoms with Gasteiger partial charge in [-0.15, -0.1) is 0 Å². The topological polar surface area (TPSA) is 58.2 Å². The molecule has 2 atom stereocenters. The largest absolute Gasteiger partial charge is 0.417 e. The summed E-state index contributed by atoms with van der Waals surface area (Å²) in [5.74, 6) is -5.78. The van der Waals surface area contributed by atoms with E-state index >= 15 is 0 Å². The van der Waals surface area contributed by atoms with E-state index in [1.54, 1.807) is 0 Å². The number of rotatable bonds is 9. The molecular weight excluding hydrogens is 586 g/mol. The lowest BCUT2D eigenvalue weighted by Crippen LogP contribution is -2.55. The Hall–Kier alpha value is -3.13. The van der Waals surface area contributed by atoms with E-state index in [9.17, 15) is 53.5 Å². The first-order valence-electron chi connectivity index (χ1n) is 11.1. The number of allylic oxidation sites excluding steroid dienone is 1. The molecule has 0 aromatic heterocycles. The molecule has 0 bridgehead atoms. The number of carbonyl (C=O) groups excluding carboxylic acids is 2. The van der Waals surface area contributed by atoms with Gasteiger partial charge in [0.2, 0.25) is 0 Å². The van der Waals surface area contributed by atoms with Crippen LogP contribution in [-0.4, -0.2) is 43.2 Å². The van der Waals surface area contributed by atoms with Crippen LogP contribution in [-0.2, 0) is 11.0 Å². The van der Waals surface area contributed by atoms with E-state index < -0.39 is 77.1 Å². The van der Waals surface area contributed by atoms with E-state index in [0.717, 1.165) is 25.1 Å². The number of hydrogen-bond acceptors (Lipinski definition) is 3. The first-order valence-corrected chi connectivity index (χ1v) is 11.5. The van der Waals surface area contributed by atoms with Crippen molar-refractivity contribution in [3.63, 3.8) is 0 Å². The van der Waals surface area contributed by atoms with Crippen LogP contribution in [0.3, 0.4) is 0 Å². The van der Waals surface area contributed by atoms with Gasteiger partial charge in [-0.1, -0.05) is 29.8 Å². The van der Waals surface area contributed by atoms with Gasteiger partial charge in [-0.05, 0) is 49.2 Å². The molecule has 0 fully saturated rings. The summed E-state index contributed by atoms with van der Waals surface area (Å²) in [5.41, 5.74) is -6.10. The number of aryl methyl sites for hydroxylation is 1. The lowest BCUT2D eigenvalue weighted by molar-refractivity contribution is -0.140. The molecule has 2 N–H and O–H groups in total. The van der Waals surface area contributed by atoms with Gasteiger partial charge in [0.25, 0.3) is 5.91 Å². The normalized spacial score (nSPS) is 15.4. The standard InChI is InChI=1S/C25H21ClF10N2O2/c1-13-7-14(4-6-19(13)26)17(24(31,32)33)9-20(27)15-3-5-16(18(8-15)25(34,35)36)21(40)38-22(2,12-39)10-37-11-23(28,29)30/h3-9,12,17,37H,10-11H2,1-2H3,(H,38,40)/b20-9-/t17?,22-/m1/s1. The maximum absolute atomic E-state index is 15.0. The van der Waals surface area contributed by atoms with Gasteiger partial charge in [0.1, 0.15) is 23.6 Å². The molecule has 0 saturated carbocycles. The summed E-state index contributed by atoms with van der Waals surface area (Å²) < 4.78 is 135. The molecule has 0 aliphatic carbocycles. The molecule has 0 heterocycles. The molecule has 40 heavy (non-hydrogen) atoms. The predicted octanol–water partition coefficient (Wildman–Crippen LogP) is 7.16. The molecule has 2 aromatic carbocycles. The Morgan fingerprint density at radius 1 is 0.975 bits per heavy atom. The van der Waals surface area contributed by atoms with Gasteiger partial charge in [0, 0.05) is 17.1 Å². The summed E-state index contributed by atoms with van der Waals surface area (Å²) >= 11 is 5.82. The molecule has 1 amide bonds. The van der Waals surface area contributed by atoms with Crippen LogP contribution in [0, 0.1) is 6.92 Å². The molecule has 2 rings (SSSR count). The third-order valence-corrected chi connectivity index (χ3v) is 5.95. The molecular formula is C25H21ClF10N2O2. The van der Waals surface area contributed by atoms with E-state index in [1.807, 2.05) is 10.6 Å². The Kier molecular flexibility index (Phi) is 10.1. The van der Waals surface area contributed by atoms with Crippen LogP contribution in [0.5, 0.6) is 0 Å². The van der Waals surface area contributed by atoms with Gasteiger partial charge in [-0.2, -0.15) is 39.5 Å². The molecule has 0 aliphatic rings. The maximum atomic E-state index is 15.0. The highest BCUT2D eigenvalue weighted by molar-refractivity contribution is 6.31. The van der Waals surface area contributed by atoms with E-state index in [1.165, 1.54) is 6.92 Å². The fourth-order valence-electron chi connectivity index (χ4n) is 3.51. The van der Waals surface area contributed by atoms with Gasteiger partial charge in [0.15, 0.2) is 0 Å². The average Bonchev–Trinajstić information content (AvgIpc) is 2.81. The van der Waals surface area contributed by atoms with Gasteiger partial charge < -0.3 is 15.4 Å². The average molecular weight is 607 g/mol. The van der Waals surface area contributed by atoms with Crippen molar-refractivity contribution in [2.75, 3.05) is 13.1 Å². The first-order chi connectivity index (χ1) is 18.2. The van der Waals surface area contributed by atoms with Crippen molar-refractivity contribution < 1.29 is 53.5 Å². The molecule has 1 unspecified atom stereocenters. The van der Waals surface area contributed by atoms with Crippen LogP contribution >= 0.6 is 11.6 Å². The molecule has 0 saturated heterocycles. The van der Waals surface area contributed by atoms with Crippen molar-refractivity contribution in [1.82, 2.24) is 10.6 Å². The fourth-order valence-corrected chi connectivity index (χ4v) is 3.63. The fraction of sp³-hybridized carbons (Fsp3) is 0.360. The number of benzene rings is 2. The lowest BCUT2D eigenvalue weighted by Gasteiger charge is -2.26. The van der Waals surface area contributed by atoms with Crippen molar-refractivity contribution in [3.05, 3.63) is 75.3 Å². The Bertz CT molecular complexity index is 1270. The number of alkyl halides is 9. The Balaban J connectivity index is 2.46. The summed E-state index contributed by atoms with van der Waals surface area (Å²) in [5, 5.41) is 3.87. The second kappa shape index (κ2) is 12.2. The number of nitrogens with one attached hydrogen (secondary N) is 2. The number of carbonyl (C=O) groups is 2. The quantitative estimate of drug-likeness (QED) is 0.235. The van der Waals surface area contributed by atoms with Crippen molar-refractivity contribution in [3.8, 4) is 0 Å². The minimum atomic E-state index is -5.31. The monoisotopic (exact) mass is 606 g/mol. The van der Waals surface area contributed by atoms with E-state index in [0.29, 0.717) is 12.1 Å². The zero-order valence-corrected chi connectivity index (χ0v) is 21.3. The van der Waals surface area contributed by atoms with Crippen LogP contribution in [0.1, 0.15) is 45.5 Å². The van der Waals surface area contributed by atoms with Crippen LogP contribution in [0.4, 0.5) is 43.9 Å². The van der Waals surface area contributed by atoms with Crippen LogP contribution in [0.2, 0.25) is 5.02 Å². The summed E-state index contributed by atoms with van der Waals surface area (Å²) in [6, 6.07) is 4.39. The third kappa shape index (κ3) is 8.95. The first kappa shape index (κ1) is 33.1. The summed E-state index contributed by atoms with van der Waals surface area (Å²) in [4.78, 5) is 24.0. The molecule has 0 aliphatic heterocycles. The van der Waals surface area contributed by atoms with Crippen molar-refractivity contribution >= 4 is 29.6 Å². The third-order valence-electron chi connectivity index (χ3n) is 5.53. The summed E-state index contributed by atoms with van der Waals surface area (Å²) in [6.45, 7) is -0.0156. The molecule has 2 aromatic rings. The predicted molar refractivity (Wildman–Crippen MR) is 126 cm³/mol. The Labute approximate surface area is 226 Å². The Morgan fingerprint density at radius 3 is 2.10 bits per heavy atom. The van der Waals surface area contributed by atoms with Gasteiger partial charge in [-0.25, -0.2) is 4.39 Å². The van der Waals surface area contributed by atoms with Crippen LogP contribution in [0.25, 0.3) is 5.83 Å². The van der Waals surface area contributed by atoms with E-state index in [-0.39, 0.29) is 29.0 Å². The number of aldehydes is 1. The molecule has 0 spiro atoms. The SMILES string of the molecule is Cc1cc(C(/C=C(\F)c2ccc(C(=O)N[C@@](C)(C=O)CNCC(F)(F)F)c(C(F)(F)F)c2)C(F)(F)F)ccc1Cl. The highest BCUT2D eigenvalue weighted by atomic mass is 35.5.